The molecule has 0 radical (unpaired) electrons. The summed E-state index contributed by atoms with van der Waals surface area (Å²) in [6, 6.07) is 3.53. The number of aromatic carboxylic acids is 1. The molecule has 122 valence electrons. The van der Waals surface area contributed by atoms with Crippen LogP contribution in [0.25, 0.3) is 0 Å². The summed E-state index contributed by atoms with van der Waals surface area (Å²) >= 11 is 0. The Kier molecular flexibility index (Phi) is 5.68. The molecule has 8 heteroatoms. The van der Waals surface area contributed by atoms with Crippen LogP contribution >= 0.6 is 0 Å². The van der Waals surface area contributed by atoms with Crippen LogP contribution in [0.4, 0.5) is 10.5 Å². The minimum atomic E-state index is -1.41. The SMILES string of the molecule is CC(C)(C)OC(=O)NCC#Cc1ccc([N+](=O)[O-])c(C(=O)O)c1. The number of carbonyl (C=O) groups excluding carboxylic acids is 1. The van der Waals surface area contributed by atoms with E-state index in [2.05, 4.69) is 17.2 Å². The lowest BCUT2D eigenvalue weighted by Crippen LogP contribution is -2.32. The third-order valence-corrected chi connectivity index (χ3v) is 2.38. The van der Waals surface area contributed by atoms with Crippen molar-refractivity contribution in [2.24, 2.45) is 0 Å². The zero-order chi connectivity index (χ0) is 17.6. The van der Waals surface area contributed by atoms with Gasteiger partial charge in [-0.1, -0.05) is 11.8 Å². The molecule has 0 aliphatic rings. The molecule has 0 aliphatic heterocycles. The van der Waals surface area contributed by atoms with Gasteiger partial charge in [0.2, 0.25) is 0 Å². The standard InChI is InChI=1S/C15H16N2O6/c1-15(2,3)23-14(20)16-8-4-5-10-6-7-12(17(21)22)11(9-10)13(18)19/h6-7,9H,8H2,1-3H3,(H,16,20)(H,18,19). The number of amides is 1. The fourth-order valence-corrected chi connectivity index (χ4v) is 1.52. The number of hydrogen-bond acceptors (Lipinski definition) is 5. The summed E-state index contributed by atoms with van der Waals surface area (Å²) in [6.45, 7) is 5.17. The number of carbonyl (C=O) groups is 2. The van der Waals surface area contributed by atoms with Crippen LogP contribution in [-0.4, -0.2) is 34.2 Å². The van der Waals surface area contributed by atoms with Crippen molar-refractivity contribution in [3.05, 3.63) is 39.4 Å². The third-order valence-electron chi connectivity index (χ3n) is 2.38. The summed E-state index contributed by atoms with van der Waals surface area (Å²) in [5, 5.41) is 22.1. The van der Waals surface area contributed by atoms with E-state index < -0.39 is 33.8 Å². The van der Waals surface area contributed by atoms with E-state index >= 15 is 0 Å². The fraction of sp³-hybridized carbons (Fsp3) is 0.333. The van der Waals surface area contributed by atoms with E-state index in [4.69, 9.17) is 9.84 Å². The average molecular weight is 320 g/mol. The van der Waals surface area contributed by atoms with Gasteiger partial charge in [0, 0.05) is 11.6 Å². The number of rotatable bonds is 3. The quantitative estimate of drug-likeness (QED) is 0.500. The maximum Gasteiger partial charge on any atom is 0.408 e. The minimum Gasteiger partial charge on any atom is -0.477 e. The van der Waals surface area contributed by atoms with E-state index in [0.717, 1.165) is 12.1 Å². The van der Waals surface area contributed by atoms with Gasteiger partial charge in [0.05, 0.1) is 11.5 Å². The lowest BCUT2D eigenvalue weighted by molar-refractivity contribution is -0.385. The summed E-state index contributed by atoms with van der Waals surface area (Å²) in [5.41, 5.74) is -1.28. The molecule has 0 bridgehead atoms. The number of carboxylic acid groups (broad SMARTS) is 1. The summed E-state index contributed by atoms with van der Waals surface area (Å²) in [6.07, 6.45) is -0.623. The molecular formula is C15H16N2O6. The number of ether oxygens (including phenoxy) is 1. The Morgan fingerprint density at radius 3 is 2.57 bits per heavy atom. The number of nitro groups is 1. The highest BCUT2D eigenvalue weighted by molar-refractivity contribution is 5.92. The molecular weight excluding hydrogens is 304 g/mol. The lowest BCUT2D eigenvalue weighted by atomic mass is 10.1. The zero-order valence-electron chi connectivity index (χ0n) is 12.9. The van der Waals surface area contributed by atoms with Gasteiger partial charge in [-0.25, -0.2) is 9.59 Å². The molecule has 0 atom stereocenters. The van der Waals surface area contributed by atoms with Crippen molar-refractivity contribution in [3.8, 4) is 11.8 Å². The summed E-state index contributed by atoms with van der Waals surface area (Å²) in [4.78, 5) is 32.3. The number of nitro benzene ring substituents is 1. The Morgan fingerprint density at radius 2 is 2.04 bits per heavy atom. The smallest absolute Gasteiger partial charge is 0.408 e. The van der Waals surface area contributed by atoms with Gasteiger partial charge in [-0.05, 0) is 32.9 Å². The molecule has 23 heavy (non-hydrogen) atoms. The second-order valence-corrected chi connectivity index (χ2v) is 5.45. The van der Waals surface area contributed by atoms with Crippen molar-refractivity contribution in [2.75, 3.05) is 6.54 Å². The van der Waals surface area contributed by atoms with Crippen molar-refractivity contribution >= 4 is 17.7 Å². The molecule has 1 aromatic rings. The van der Waals surface area contributed by atoms with Crippen LogP contribution in [0.15, 0.2) is 18.2 Å². The fourth-order valence-electron chi connectivity index (χ4n) is 1.52. The Labute approximate surface area is 132 Å². The number of benzene rings is 1. The van der Waals surface area contributed by atoms with Crippen LogP contribution in [0.1, 0.15) is 36.7 Å². The van der Waals surface area contributed by atoms with E-state index in [1.54, 1.807) is 20.8 Å². The van der Waals surface area contributed by atoms with Gasteiger partial charge in [-0.3, -0.25) is 10.1 Å². The molecule has 0 saturated carbocycles. The van der Waals surface area contributed by atoms with Crippen molar-refractivity contribution < 1.29 is 24.4 Å². The number of alkyl carbamates (subject to hydrolysis) is 1. The molecule has 0 saturated heterocycles. The van der Waals surface area contributed by atoms with E-state index in [-0.39, 0.29) is 6.54 Å². The maximum atomic E-state index is 11.4. The van der Waals surface area contributed by atoms with Crippen LogP contribution in [0.3, 0.4) is 0 Å². The predicted molar refractivity (Wildman–Crippen MR) is 81.2 cm³/mol. The first-order valence-electron chi connectivity index (χ1n) is 6.57. The van der Waals surface area contributed by atoms with Crippen molar-refractivity contribution in [1.29, 1.82) is 0 Å². The van der Waals surface area contributed by atoms with Crippen LogP contribution in [0.2, 0.25) is 0 Å². The van der Waals surface area contributed by atoms with Crippen molar-refractivity contribution in [1.82, 2.24) is 5.32 Å². The molecule has 8 nitrogen and oxygen atoms in total. The predicted octanol–water partition coefficient (Wildman–Crippen LogP) is 2.17. The van der Waals surface area contributed by atoms with Gasteiger partial charge in [-0.2, -0.15) is 0 Å². The first-order chi connectivity index (χ1) is 10.6. The van der Waals surface area contributed by atoms with Gasteiger partial charge < -0.3 is 15.2 Å². The van der Waals surface area contributed by atoms with Crippen LogP contribution in [0.5, 0.6) is 0 Å². The molecule has 1 aromatic carbocycles. The summed E-state index contributed by atoms with van der Waals surface area (Å²) in [5.74, 6) is 3.82. The number of nitrogens with zero attached hydrogens (tertiary/aromatic N) is 1. The van der Waals surface area contributed by atoms with Gasteiger partial charge in [0.25, 0.3) is 5.69 Å². The Balaban J connectivity index is 2.76. The number of nitrogens with one attached hydrogen (secondary N) is 1. The lowest BCUT2D eigenvalue weighted by Gasteiger charge is -2.18. The largest absolute Gasteiger partial charge is 0.477 e. The average Bonchev–Trinajstić information content (AvgIpc) is 2.41. The molecule has 1 amide bonds. The van der Waals surface area contributed by atoms with Crippen LogP contribution in [-0.2, 0) is 4.74 Å². The highest BCUT2D eigenvalue weighted by Gasteiger charge is 2.19. The number of carboxylic acids is 1. The monoisotopic (exact) mass is 320 g/mol. The van der Waals surface area contributed by atoms with Crippen LogP contribution in [0, 0.1) is 22.0 Å². The van der Waals surface area contributed by atoms with E-state index in [1.165, 1.54) is 6.07 Å². The molecule has 0 aliphatic carbocycles. The highest BCUT2D eigenvalue weighted by atomic mass is 16.6. The van der Waals surface area contributed by atoms with Gasteiger partial charge in [0.15, 0.2) is 0 Å². The molecule has 2 N–H and O–H groups in total. The zero-order valence-corrected chi connectivity index (χ0v) is 12.9. The van der Waals surface area contributed by atoms with Gasteiger partial charge in [0.1, 0.15) is 11.2 Å². The van der Waals surface area contributed by atoms with E-state index in [0.29, 0.717) is 5.56 Å². The Bertz CT molecular complexity index is 694. The Morgan fingerprint density at radius 1 is 1.39 bits per heavy atom. The first kappa shape index (κ1) is 18.0. The summed E-state index contributed by atoms with van der Waals surface area (Å²) < 4.78 is 5.01. The van der Waals surface area contributed by atoms with Gasteiger partial charge >= 0.3 is 12.1 Å². The molecule has 0 fully saturated rings. The summed E-state index contributed by atoms with van der Waals surface area (Å²) in [7, 11) is 0. The van der Waals surface area contributed by atoms with Crippen LogP contribution < -0.4 is 5.32 Å². The second-order valence-electron chi connectivity index (χ2n) is 5.45. The molecule has 0 spiro atoms. The molecule has 0 aromatic heterocycles. The molecule has 0 unspecified atom stereocenters. The minimum absolute atomic E-state index is 0.00565. The van der Waals surface area contributed by atoms with E-state index in [1.807, 2.05) is 0 Å². The first-order valence-corrected chi connectivity index (χ1v) is 6.57. The normalized spacial score (nSPS) is 10.2. The van der Waals surface area contributed by atoms with Crippen molar-refractivity contribution in [3.63, 3.8) is 0 Å². The highest BCUT2D eigenvalue weighted by Crippen LogP contribution is 2.19. The van der Waals surface area contributed by atoms with Gasteiger partial charge in [-0.15, -0.1) is 0 Å². The third kappa shape index (κ3) is 6.05. The topological polar surface area (TPSA) is 119 Å². The molecule has 1 rings (SSSR count). The Hall–Kier alpha value is -3.08. The van der Waals surface area contributed by atoms with Crippen molar-refractivity contribution in [2.45, 2.75) is 26.4 Å². The maximum absolute atomic E-state index is 11.4. The second kappa shape index (κ2) is 7.26. The molecule has 0 heterocycles. The van der Waals surface area contributed by atoms with E-state index in [9.17, 15) is 19.7 Å². The number of hydrogen-bond donors (Lipinski definition) is 2.